The highest BCUT2D eigenvalue weighted by atomic mass is 127. The molecule has 1 heterocycles. The third-order valence-electron chi connectivity index (χ3n) is 7.03. The predicted molar refractivity (Wildman–Crippen MR) is 133 cm³/mol. The summed E-state index contributed by atoms with van der Waals surface area (Å²) in [5, 5.41) is 0.228. The lowest BCUT2D eigenvalue weighted by molar-refractivity contribution is 0.0767. The van der Waals surface area contributed by atoms with E-state index in [1.165, 1.54) is 41.2 Å². The molecule has 1 aliphatic carbocycles. The van der Waals surface area contributed by atoms with Crippen LogP contribution >= 0.6 is 22.6 Å². The molecular formula is C24H37IN2OSi. The smallest absolute Gasteiger partial charge is 0.192 e. The number of nitrogens with zero attached hydrogens (tertiary/aromatic N) is 2. The minimum absolute atomic E-state index is 0.228. The highest BCUT2D eigenvalue weighted by Crippen LogP contribution is 2.42. The number of rotatable bonds is 7. The SMILES string of the molecule is CC(C)(C)[Si](C)(C)OC(C[C@@H](c1ccccc1I)n1ccnc1)C1CCCCC1. The summed E-state index contributed by atoms with van der Waals surface area (Å²) in [4.78, 5) is 4.36. The Balaban J connectivity index is 1.93. The van der Waals surface area contributed by atoms with E-state index in [-0.39, 0.29) is 11.1 Å². The Morgan fingerprint density at radius 2 is 1.86 bits per heavy atom. The number of benzene rings is 1. The molecule has 3 rings (SSSR count). The van der Waals surface area contributed by atoms with Crippen LogP contribution in [0.3, 0.4) is 0 Å². The van der Waals surface area contributed by atoms with Crippen LogP contribution in [0.15, 0.2) is 43.0 Å². The number of imidazole rings is 1. The summed E-state index contributed by atoms with van der Waals surface area (Å²) < 4.78 is 10.7. The van der Waals surface area contributed by atoms with Crippen molar-refractivity contribution in [3.63, 3.8) is 0 Å². The molecule has 2 atom stereocenters. The second-order valence-corrected chi connectivity index (χ2v) is 16.0. The number of hydrogen-bond donors (Lipinski definition) is 0. The summed E-state index contributed by atoms with van der Waals surface area (Å²) in [6.07, 6.45) is 14.0. The van der Waals surface area contributed by atoms with Gasteiger partial charge in [-0.1, -0.05) is 58.2 Å². The molecule has 0 N–H and O–H groups in total. The van der Waals surface area contributed by atoms with Gasteiger partial charge in [-0.25, -0.2) is 4.98 Å². The van der Waals surface area contributed by atoms with Crippen molar-refractivity contribution in [3.05, 3.63) is 52.1 Å². The van der Waals surface area contributed by atoms with Gasteiger partial charge in [-0.3, -0.25) is 0 Å². The Bertz CT molecular complexity index is 763. The highest BCUT2D eigenvalue weighted by molar-refractivity contribution is 14.1. The molecule has 2 aromatic rings. The van der Waals surface area contributed by atoms with Crippen LogP contribution in [-0.4, -0.2) is 24.0 Å². The molecule has 160 valence electrons. The van der Waals surface area contributed by atoms with E-state index in [0.29, 0.717) is 12.0 Å². The first-order valence-electron chi connectivity index (χ1n) is 11.1. The molecule has 0 amide bonds. The lowest BCUT2D eigenvalue weighted by Gasteiger charge is -2.43. The molecule has 1 fully saturated rings. The summed E-state index contributed by atoms with van der Waals surface area (Å²) in [5.74, 6) is 0.672. The molecule has 1 saturated carbocycles. The molecule has 0 spiro atoms. The van der Waals surface area contributed by atoms with Crippen LogP contribution < -0.4 is 0 Å². The van der Waals surface area contributed by atoms with E-state index in [0.717, 1.165) is 6.42 Å². The van der Waals surface area contributed by atoms with Gasteiger partial charge in [0.25, 0.3) is 0 Å². The summed E-state index contributed by atoms with van der Waals surface area (Å²) in [6, 6.07) is 9.04. The van der Waals surface area contributed by atoms with Crippen LogP contribution in [0.2, 0.25) is 18.1 Å². The monoisotopic (exact) mass is 524 g/mol. The van der Waals surface area contributed by atoms with Crippen LogP contribution in [-0.2, 0) is 4.43 Å². The fourth-order valence-electron chi connectivity index (χ4n) is 4.23. The van der Waals surface area contributed by atoms with Crippen molar-refractivity contribution in [2.45, 2.75) is 89.6 Å². The van der Waals surface area contributed by atoms with Gasteiger partial charge in [-0.15, -0.1) is 0 Å². The van der Waals surface area contributed by atoms with E-state index >= 15 is 0 Å². The van der Waals surface area contributed by atoms with Gasteiger partial charge in [0.2, 0.25) is 0 Å². The number of halogens is 1. The molecule has 29 heavy (non-hydrogen) atoms. The molecule has 0 bridgehead atoms. The van der Waals surface area contributed by atoms with Gasteiger partial charge in [0.15, 0.2) is 8.32 Å². The molecule has 1 aliphatic rings. The topological polar surface area (TPSA) is 27.1 Å². The Labute approximate surface area is 191 Å². The molecule has 3 nitrogen and oxygen atoms in total. The maximum Gasteiger partial charge on any atom is 0.192 e. The average Bonchev–Trinajstić information content (AvgIpc) is 3.20. The largest absolute Gasteiger partial charge is 0.414 e. The number of hydrogen-bond acceptors (Lipinski definition) is 2. The summed E-state index contributed by atoms with van der Waals surface area (Å²) in [5.41, 5.74) is 1.38. The minimum atomic E-state index is -1.84. The molecule has 0 aliphatic heterocycles. The van der Waals surface area contributed by atoms with Crippen molar-refractivity contribution in [2.24, 2.45) is 5.92 Å². The maximum absolute atomic E-state index is 7.13. The molecule has 0 saturated heterocycles. The highest BCUT2D eigenvalue weighted by Gasteiger charge is 2.41. The zero-order chi connectivity index (χ0) is 21.1. The summed E-state index contributed by atoms with van der Waals surface area (Å²) >= 11 is 2.48. The van der Waals surface area contributed by atoms with Crippen LogP contribution in [0.5, 0.6) is 0 Å². The Morgan fingerprint density at radius 1 is 1.17 bits per heavy atom. The van der Waals surface area contributed by atoms with E-state index in [4.69, 9.17) is 4.43 Å². The Hall–Kier alpha value is -0.663. The third-order valence-corrected chi connectivity index (χ3v) is 12.5. The van der Waals surface area contributed by atoms with Gasteiger partial charge in [-0.05, 0) is 77.5 Å². The Morgan fingerprint density at radius 3 is 2.45 bits per heavy atom. The van der Waals surface area contributed by atoms with E-state index in [1.54, 1.807) is 0 Å². The molecule has 1 aromatic heterocycles. The molecule has 1 unspecified atom stereocenters. The van der Waals surface area contributed by atoms with Crippen LogP contribution in [0.25, 0.3) is 0 Å². The normalized spacial score (nSPS) is 18.6. The average molecular weight is 525 g/mol. The maximum atomic E-state index is 7.13. The van der Waals surface area contributed by atoms with E-state index in [2.05, 4.69) is 96.5 Å². The van der Waals surface area contributed by atoms with Gasteiger partial charge in [0, 0.05) is 16.0 Å². The van der Waals surface area contributed by atoms with Gasteiger partial charge < -0.3 is 8.99 Å². The van der Waals surface area contributed by atoms with E-state index in [9.17, 15) is 0 Å². The van der Waals surface area contributed by atoms with Gasteiger partial charge in [-0.2, -0.15) is 0 Å². The molecule has 0 radical (unpaired) electrons. The molecular weight excluding hydrogens is 487 g/mol. The first-order chi connectivity index (χ1) is 13.7. The number of aromatic nitrogens is 2. The van der Waals surface area contributed by atoms with Crippen LogP contribution in [0.1, 0.15) is 70.9 Å². The Kier molecular flexibility index (Phi) is 7.65. The van der Waals surface area contributed by atoms with Crippen molar-refractivity contribution in [2.75, 3.05) is 0 Å². The third kappa shape index (κ3) is 5.73. The fraction of sp³-hybridized carbons (Fsp3) is 0.625. The standard InChI is InChI=1S/C24H37IN2OSi/c1-24(2,3)29(4,5)28-23(19-11-7-6-8-12-19)17-22(27-16-15-26-18-27)20-13-9-10-14-21(20)25/h9-10,13-16,18-19,22-23H,6-8,11-12,17H2,1-5H3/t22-,23?/m0/s1. The first kappa shape index (κ1) is 23.0. The summed E-state index contributed by atoms with van der Waals surface area (Å²) in [7, 11) is -1.84. The van der Waals surface area contributed by atoms with Crippen molar-refractivity contribution < 1.29 is 4.43 Å². The molecule has 5 heteroatoms. The predicted octanol–water partition coefficient (Wildman–Crippen LogP) is 7.44. The second kappa shape index (κ2) is 9.65. The lowest BCUT2D eigenvalue weighted by atomic mass is 9.82. The zero-order valence-corrected chi connectivity index (χ0v) is 21.9. The minimum Gasteiger partial charge on any atom is -0.414 e. The van der Waals surface area contributed by atoms with E-state index in [1.807, 2.05) is 12.5 Å². The van der Waals surface area contributed by atoms with Crippen molar-refractivity contribution in [3.8, 4) is 0 Å². The van der Waals surface area contributed by atoms with E-state index < -0.39 is 8.32 Å². The van der Waals surface area contributed by atoms with Gasteiger partial charge in [0.05, 0.1) is 18.5 Å². The van der Waals surface area contributed by atoms with Crippen molar-refractivity contribution in [1.82, 2.24) is 9.55 Å². The summed E-state index contributed by atoms with van der Waals surface area (Å²) in [6.45, 7) is 11.9. The first-order valence-corrected chi connectivity index (χ1v) is 15.1. The quantitative estimate of drug-likeness (QED) is 0.278. The van der Waals surface area contributed by atoms with Gasteiger partial charge >= 0.3 is 0 Å². The van der Waals surface area contributed by atoms with Crippen molar-refractivity contribution in [1.29, 1.82) is 0 Å². The fourth-order valence-corrected chi connectivity index (χ4v) is 6.37. The second-order valence-electron chi connectivity index (χ2n) is 10.1. The van der Waals surface area contributed by atoms with Gasteiger partial charge in [0.1, 0.15) is 0 Å². The zero-order valence-electron chi connectivity index (χ0n) is 18.7. The van der Waals surface area contributed by atoms with Crippen LogP contribution in [0.4, 0.5) is 0 Å². The molecule has 1 aromatic carbocycles. The lowest BCUT2D eigenvalue weighted by Crippen LogP contribution is -2.46. The van der Waals surface area contributed by atoms with Crippen molar-refractivity contribution >= 4 is 30.9 Å². The van der Waals surface area contributed by atoms with Crippen LogP contribution in [0, 0.1) is 9.49 Å².